The van der Waals surface area contributed by atoms with Gasteiger partial charge in [0.25, 0.3) is 5.69 Å². The van der Waals surface area contributed by atoms with Crippen molar-refractivity contribution in [3.8, 4) is 0 Å². The van der Waals surface area contributed by atoms with Crippen LogP contribution in [0, 0.1) is 10.1 Å². The first-order valence-electron chi connectivity index (χ1n) is 6.86. The molecule has 7 heteroatoms. The summed E-state index contributed by atoms with van der Waals surface area (Å²) in [5, 5.41) is 14.1. The number of hydrogen-bond acceptors (Lipinski definition) is 5. The maximum atomic E-state index is 12.1. The number of carbonyl (C=O) groups is 1. The first-order chi connectivity index (χ1) is 10.1. The number of nitro groups is 1. The molecule has 2 rings (SSSR count). The molecule has 0 aliphatic carbocycles. The van der Waals surface area contributed by atoms with Crippen LogP contribution in [0.4, 0.5) is 5.69 Å². The average molecular weight is 293 g/mol. The molecule has 21 heavy (non-hydrogen) atoms. The van der Waals surface area contributed by atoms with Gasteiger partial charge in [0, 0.05) is 31.8 Å². The van der Waals surface area contributed by atoms with Gasteiger partial charge in [-0.3, -0.25) is 14.9 Å². The lowest BCUT2D eigenvalue weighted by Gasteiger charge is -2.25. The minimum atomic E-state index is -0.429. The van der Waals surface area contributed by atoms with Crippen LogP contribution in [0.25, 0.3) is 0 Å². The van der Waals surface area contributed by atoms with E-state index in [1.807, 2.05) is 0 Å². The Morgan fingerprint density at radius 2 is 2.29 bits per heavy atom. The number of para-hydroxylation sites is 1. The third-order valence-electron chi connectivity index (χ3n) is 3.43. The maximum Gasteiger partial charge on any atom is 0.274 e. The first-order valence-corrected chi connectivity index (χ1v) is 6.86. The molecule has 1 unspecified atom stereocenters. The van der Waals surface area contributed by atoms with Crippen molar-refractivity contribution in [2.75, 3.05) is 26.7 Å². The molecule has 114 valence electrons. The van der Waals surface area contributed by atoms with E-state index in [9.17, 15) is 14.9 Å². The van der Waals surface area contributed by atoms with Crippen molar-refractivity contribution in [1.82, 2.24) is 10.2 Å². The lowest BCUT2D eigenvalue weighted by Crippen LogP contribution is -2.41. The van der Waals surface area contributed by atoms with Gasteiger partial charge in [-0.25, -0.2) is 0 Å². The smallest absolute Gasteiger partial charge is 0.274 e. The number of nitrogens with one attached hydrogen (secondary N) is 1. The van der Waals surface area contributed by atoms with Gasteiger partial charge in [-0.1, -0.05) is 18.2 Å². The molecule has 1 N–H and O–H groups in total. The third kappa shape index (κ3) is 4.24. The van der Waals surface area contributed by atoms with Crippen molar-refractivity contribution in [1.29, 1.82) is 0 Å². The predicted molar refractivity (Wildman–Crippen MR) is 76.8 cm³/mol. The van der Waals surface area contributed by atoms with Crippen LogP contribution in [0.1, 0.15) is 12.0 Å². The minimum Gasteiger partial charge on any atom is -0.375 e. The van der Waals surface area contributed by atoms with E-state index < -0.39 is 4.92 Å². The number of benzene rings is 1. The number of hydrogen-bond donors (Lipinski definition) is 1. The molecule has 1 aromatic rings. The molecular weight excluding hydrogens is 274 g/mol. The van der Waals surface area contributed by atoms with Crippen LogP contribution in [0.15, 0.2) is 24.3 Å². The molecular formula is C14H19N3O4. The molecule has 1 amide bonds. The van der Waals surface area contributed by atoms with E-state index in [4.69, 9.17) is 4.74 Å². The zero-order valence-corrected chi connectivity index (χ0v) is 11.9. The van der Waals surface area contributed by atoms with E-state index >= 15 is 0 Å². The predicted octanol–water partition coefficient (Wildman–Crippen LogP) is 0.932. The largest absolute Gasteiger partial charge is 0.375 e. The summed E-state index contributed by atoms with van der Waals surface area (Å²) >= 11 is 0. The fourth-order valence-electron chi connectivity index (χ4n) is 2.27. The second-order valence-corrected chi connectivity index (χ2v) is 5.04. The van der Waals surface area contributed by atoms with Crippen LogP contribution in [-0.4, -0.2) is 48.6 Å². The van der Waals surface area contributed by atoms with Crippen LogP contribution in [0.5, 0.6) is 0 Å². The number of ether oxygens (including phenoxy) is 1. The molecule has 0 radical (unpaired) electrons. The van der Waals surface area contributed by atoms with Crippen molar-refractivity contribution >= 4 is 11.6 Å². The van der Waals surface area contributed by atoms with Crippen molar-refractivity contribution in [2.24, 2.45) is 0 Å². The highest BCUT2D eigenvalue weighted by atomic mass is 16.6. The Kier molecular flexibility index (Phi) is 5.24. The number of carbonyl (C=O) groups excluding carboxylic acids is 1. The van der Waals surface area contributed by atoms with Crippen LogP contribution < -0.4 is 5.32 Å². The van der Waals surface area contributed by atoms with Crippen LogP contribution in [0.2, 0.25) is 0 Å². The monoisotopic (exact) mass is 293 g/mol. The summed E-state index contributed by atoms with van der Waals surface area (Å²) in [7, 11) is 1.65. The van der Waals surface area contributed by atoms with Gasteiger partial charge in [0.2, 0.25) is 5.91 Å². The van der Waals surface area contributed by atoms with Crippen molar-refractivity contribution in [3.05, 3.63) is 39.9 Å². The summed E-state index contributed by atoms with van der Waals surface area (Å²) in [5.74, 6) is -0.0816. The maximum absolute atomic E-state index is 12.1. The second kappa shape index (κ2) is 7.14. The van der Waals surface area contributed by atoms with Gasteiger partial charge in [0.05, 0.1) is 30.6 Å². The van der Waals surface area contributed by atoms with Crippen LogP contribution in [0.3, 0.4) is 0 Å². The summed E-state index contributed by atoms with van der Waals surface area (Å²) in [6, 6.07) is 6.46. The van der Waals surface area contributed by atoms with E-state index in [1.165, 1.54) is 11.0 Å². The lowest BCUT2D eigenvalue weighted by molar-refractivity contribution is -0.385. The molecule has 1 heterocycles. The first kappa shape index (κ1) is 15.4. The highest BCUT2D eigenvalue weighted by molar-refractivity contribution is 5.76. The highest BCUT2D eigenvalue weighted by Crippen LogP contribution is 2.19. The molecule has 0 saturated carbocycles. The Labute approximate surface area is 123 Å². The molecule has 1 aliphatic rings. The van der Waals surface area contributed by atoms with Crippen molar-refractivity contribution < 1.29 is 14.5 Å². The molecule has 0 spiro atoms. The molecule has 0 aromatic heterocycles. The van der Waals surface area contributed by atoms with E-state index in [2.05, 4.69) is 5.32 Å². The molecule has 0 bridgehead atoms. The molecule has 1 aromatic carbocycles. The highest BCUT2D eigenvalue weighted by Gasteiger charge is 2.21. The quantitative estimate of drug-likeness (QED) is 0.645. The number of nitro benzene ring substituents is 1. The van der Waals surface area contributed by atoms with Crippen LogP contribution in [-0.2, 0) is 16.1 Å². The number of nitrogens with zero attached hydrogens (tertiary/aromatic N) is 2. The molecule has 7 nitrogen and oxygen atoms in total. The van der Waals surface area contributed by atoms with Gasteiger partial charge in [0.15, 0.2) is 0 Å². The van der Waals surface area contributed by atoms with Gasteiger partial charge in [-0.2, -0.15) is 0 Å². The summed E-state index contributed by atoms with van der Waals surface area (Å²) in [4.78, 5) is 24.2. The van der Waals surface area contributed by atoms with Crippen molar-refractivity contribution in [3.63, 3.8) is 0 Å². The third-order valence-corrected chi connectivity index (χ3v) is 3.43. The van der Waals surface area contributed by atoms with Crippen LogP contribution >= 0.6 is 0 Å². The number of morpholine rings is 1. The Balaban J connectivity index is 1.95. The van der Waals surface area contributed by atoms with E-state index in [0.717, 1.165) is 6.54 Å². The lowest BCUT2D eigenvalue weighted by atomic mass is 10.1. The Hall–Kier alpha value is -1.99. The fraction of sp³-hybridized carbons (Fsp3) is 0.500. The zero-order chi connectivity index (χ0) is 15.2. The van der Waals surface area contributed by atoms with E-state index in [-0.39, 0.29) is 30.7 Å². The summed E-state index contributed by atoms with van der Waals surface area (Å²) in [6.07, 6.45) is 0.156. The van der Waals surface area contributed by atoms with E-state index in [1.54, 1.807) is 25.2 Å². The second-order valence-electron chi connectivity index (χ2n) is 5.04. The Bertz CT molecular complexity index is 515. The summed E-state index contributed by atoms with van der Waals surface area (Å²) < 4.78 is 5.49. The van der Waals surface area contributed by atoms with Gasteiger partial charge < -0.3 is 15.0 Å². The minimum absolute atomic E-state index is 0.0349. The fourth-order valence-corrected chi connectivity index (χ4v) is 2.27. The molecule has 1 fully saturated rings. The normalized spacial score (nSPS) is 18.2. The SMILES string of the molecule is CN(Cc1ccccc1[N+](=O)[O-])C(=O)CC1CNCCO1. The molecule has 1 saturated heterocycles. The van der Waals surface area contributed by atoms with Crippen molar-refractivity contribution in [2.45, 2.75) is 19.1 Å². The zero-order valence-electron chi connectivity index (χ0n) is 11.9. The Morgan fingerprint density at radius 3 is 2.95 bits per heavy atom. The summed E-state index contributed by atoms with van der Waals surface area (Å²) in [5.41, 5.74) is 0.564. The van der Waals surface area contributed by atoms with Gasteiger partial charge in [0.1, 0.15) is 0 Å². The average Bonchev–Trinajstić information content (AvgIpc) is 2.48. The number of amides is 1. The van der Waals surface area contributed by atoms with Gasteiger partial charge in [-0.05, 0) is 0 Å². The van der Waals surface area contributed by atoms with Gasteiger partial charge in [-0.15, -0.1) is 0 Å². The van der Waals surface area contributed by atoms with Gasteiger partial charge >= 0.3 is 0 Å². The topological polar surface area (TPSA) is 84.7 Å². The molecule has 1 atom stereocenters. The number of rotatable bonds is 5. The standard InChI is InChI=1S/C14H19N3O4/c1-16(14(18)8-12-9-15-6-7-21-12)10-11-4-2-3-5-13(11)17(19)20/h2-5,12,15H,6-10H2,1H3. The Morgan fingerprint density at radius 1 is 1.52 bits per heavy atom. The summed E-state index contributed by atoms with van der Waals surface area (Å²) in [6.45, 7) is 2.28. The molecule has 1 aliphatic heterocycles. The van der Waals surface area contributed by atoms with E-state index in [0.29, 0.717) is 18.7 Å².